The number of carbonyl (C=O) groups is 1. The Labute approximate surface area is 166 Å². The summed E-state index contributed by atoms with van der Waals surface area (Å²) in [6, 6.07) is 5.48. The molecule has 1 amide bonds. The molecule has 3 heterocycles. The summed E-state index contributed by atoms with van der Waals surface area (Å²) in [5, 5.41) is 0. The Kier molecular flexibility index (Phi) is 4.00. The number of benzene rings is 1. The third kappa shape index (κ3) is 2.70. The molecule has 5 heteroatoms. The monoisotopic (exact) mass is 378 g/mol. The summed E-state index contributed by atoms with van der Waals surface area (Å²) >= 11 is 0. The summed E-state index contributed by atoms with van der Waals surface area (Å²) < 4.78 is 2.47. The lowest BCUT2D eigenvalue weighted by Crippen LogP contribution is -2.41. The number of amides is 1. The van der Waals surface area contributed by atoms with Gasteiger partial charge in [0.1, 0.15) is 5.82 Å². The molecule has 1 aromatic heterocycles. The van der Waals surface area contributed by atoms with Gasteiger partial charge in [-0.1, -0.05) is 12.8 Å². The smallest absolute Gasteiger partial charge is 0.225 e. The van der Waals surface area contributed by atoms with Gasteiger partial charge in [0.05, 0.1) is 11.0 Å². The molecule has 0 unspecified atom stereocenters. The third-order valence-corrected chi connectivity index (χ3v) is 7.75. The standard InChI is InChI=1S/C23H30N4O/c28-23(16-3-1-4-16)26-9-7-17-14-21-20(13-18(17)15-26)24-22-8-10-25(11-12-27(21)22)19-5-2-6-19/h13-14,16,19H,1-12,15H2. The van der Waals surface area contributed by atoms with Crippen molar-refractivity contribution in [2.45, 2.75) is 70.5 Å². The summed E-state index contributed by atoms with van der Waals surface area (Å²) in [4.78, 5) is 22.5. The Morgan fingerprint density at radius 1 is 0.929 bits per heavy atom. The average molecular weight is 379 g/mol. The fourth-order valence-electron chi connectivity index (χ4n) is 5.47. The minimum atomic E-state index is 0.299. The molecule has 2 aromatic rings. The Morgan fingerprint density at radius 2 is 1.79 bits per heavy atom. The van der Waals surface area contributed by atoms with Crippen LogP contribution in [0.1, 0.15) is 55.5 Å². The predicted octanol–water partition coefficient (Wildman–Crippen LogP) is 3.13. The van der Waals surface area contributed by atoms with Crippen molar-refractivity contribution >= 4 is 16.9 Å². The van der Waals surface area contributed by atoms with E-state index in [2.05, 4.69) is 26.5 Å². The van der Waals surface area contributed by atoms with E-state index in [1.165, 1.54) is 48.2 Å². The summed E-state index contributed by atoms with van der Waals surface area (Å²) in [6.07, 6.45) is 9.61. The average Bonchev–Trinajstić information content (AvgIpc) is 2.81. The highest BCUT2D eigenvalue weighted by atomic mass is 16.2. The molecule has 0 spiro atoms. The Balaban J connectivity index is 1.26. The second-order valence-electron chi connectivity index (χ2n) is 9.30. The lowest BCUT2D eigenvalue weighted by molar-refractivity contribution is -0.139. The molecule has 0 saturated heterocycles. The van der Waals surface area contributed by atoms with Crippen LogP contribution in [-0.2, 0) is 30.7 Å². The number of fused-ring (bicyclic) bond motifs is 4. The van der Waals surface area contributed by atoms with Gasteiger partial charge >= 0.3 is 0 Å². The minimum absolute atomic E-state index is 0.299. The lowest BCUT2D eigenvalue weighted by atomic mass is 9.83. The van der Waals surface area contributed by atoms with Gasteiger partial charge in [0.25, 0.3) is 0 Å². The van der Waals surface area contributed by atoms with Gasteiger partial charge in [-0.05, 0) is 55.4 Å². The molecule has 2 aliphatic heterocycles. The second-order valence-corrected chi connectivity index (χ2v) is 9.30. The third-order valence-electron chi connectivity index (χ3n) is 7.75. The molecule has 2 fully saturated rings. The maximum absolute atomic E-state index is 12.7. The van der Waals surface area contributed by atoms with E-state index in [0.29, 0.717) is 11.8 Å². The Morgan fingerprint density at radius 3 is 2.54 bits per heavy atom. The van der Waals surface area contributed by atoms with Crippen molar-refractivity contribution in [3.63, 3.8) is 0 Å². The molecular formula is C23H30N4O. The highest BCUT2D eigenvalue weighted by Gasteiger charge is 2.32. The van der Waals surface area contributed by atoms with Gasteiger partial charge in [0.2, 0.25) is 5.91 Å². The van der Waals surface area contributed by atoms with Crippen molar-refractivity contribution in [2.75, 3.05) is 19.6 Å². The number of carbonyl (C=O) groups excluding carboxylic acids is 1. The number of aromatic nitrogens is 2. The van der Waals surface area contributed by atoms with E-state index in [4.69, 9.17) is 4.98 Å². The van der Waals surface area contributed by atoms with Crippen LogP contribution in [0.25, 0.3) is 11.0 Å². The van der Waals surface area contributed by atoms with Crippen molar-refractivity contribution in [1.82, 2.24) is 19.4 Å². The van der Waals surface area contributed by atoms with Crippen LogP contribution >= 0.6 is 0 Å². The van der Waals surface area contributed by atoms with Gasteiger partial charge in [-0.3, -0.25) is 9.69 Å². The van der Waals surface area contributed by atoms with Gasteiger partial charge < -0.3 is 9.47 Å². The zero-order valence-corrected chi connectivity index (χ0v) is 16.7. The molecule has 2 saturated carbocycles. The van der Waals surface area contributed by atoms with Crippen molar-refractivity contribution in [3.05, 3.63) is 29.1 Å². The molecule has 0 radical (unpaired) electrons. The van der Waals surface area contributed by atoms with Gasteiger partial charge in [-0.15, -0.1) is 0 Å². The predicted molar refractivity (Wildman–Crippen MR) is 109 cm³/mol. The lowest BCUT2D eigenvalue weighted by Gasteiger charge is -2.36. The van der Waals surface area contributed by atoms with Crippen molar-refractivity contribution in [2.24, 2.45) is 5.92 Å². The molecule has 148 valence electrons. The fraction of sp³-hybridized carbons (Fsp3) is 0.652. The quantitative estimate of drug-likeness (QED) is 0.806. The van der Waals surface area contributed by atoms with E-state index in [0.717, 1.165) is 70.0 Å². The Hall–Kier alpha value is -1.88. The number of nitrogens with zero attached hydrogens (tertiary/aromatic N) is 4. The molecule has 1 aromatic carbocycles. The van der Waals surface area contributed by atoms with Crippen molar-refractivity contribution in [1.29, 1.82) is 0 Å². The summed E-state index contributed by atoms with van der Waals surface area (Å²) in [5.41, 5.74) is 5.18. The first-order valence-corrected chi connectivity index (χ1v) is 11.3. The molecular weight excluding hydrogens is 348 g/mol. The van der Waals surface area contributed by atoms with Crippen LogP contribution in [0.15, 0.2) is 12.1 Å². The molecule has 0 atom stereocenters. The SMILES string of the molecule is O=C(C1CCC1)N1CCc2cc3c(cc2C1)nc1n3CCN(C2CCC2)CC1. The molecule has 2 aliphatic carbocycles. The summed E-state index contributed by atoms with van der Waals surface area (Å²) in [7, 11) is 0. The van der Waals surface area contributed by atoms with Crippen LogP contribution in [-0.4, -0.2) is 50.9 Å². The highest BCUT2D eigenvalue weighted by Crippen LogP contribution is 2.32. The van der Waals surface area contributed by atoms with Crippen LogP contribution in [0.3, 0.4) is 0 Å². The number of hydrogen-bond acceptors (Lipinski definition) is 3. The van der Waals surface area contributed by atoms with Gasteiger partial charge in [-0.2, -0.15) is 0 Å². The maximum Gasteiger partial charge on any atom is 0.225 e. The van der Waals surface area contributed by atoms with Gasteiger partial charge in [0, 0.05) is 51.1 Å². The zero-order chi connectivity index (χ0) is 18.7. The van der Waals surface area contributed by atoms with Crippen LogP contribution in [0, 0.1) is 5.92 Å². The molecule has 6 rings (SSSR count). The summed E-state index contributed by atoms with van der Waals surface area (Å²) in [5.74, 6) is 1.93. The minimum Gasteiger partial charge on any atom is -0.338 e. The van der Waals surface area contributed by atoms with E-state index < -0.39 is 0 Å². The van der Waals surface area contributed by atoms with Crippen LogP contribution in [0.4, 0.5) is 0 Å². The highest BCUT2D eigenvalue weighted by molar-refractivity contribution is 5.81. The molecule has 0 bridgehead atoms. The van der Waals surface area contributed by atoms with Gasteiger partial charge in [0.15, 0.2) is 0 Å². The van der Waals surface area contributed by atoms with E-state index in [1.807, 2.05) is 0 Å². The summed E-state index contributed by atoms with van der Waals surface area (Å²) in [6.45, 7) is 5.03. The van der Waals surface area contributed by atoms with Crippen LogP contribution < -0.4 is 0 Å². The van der Waals surface area contributed by atoms with E-state index >= 15 is 0 Å². The van der Waals surface area contributed by atoms with Crippen molar-refractivity contribution in [3.8, 4) is 0 Å². The number of rotatable bonds is 2. The van der Waals surface area contributed by atoms with E-state index in [9.17, 15) is 4.79 Å². The zero-order valence-electron chi connectivity index (χ0n) is 16.7. The number of imidazole rings is 1. The van der Waals surface area contributed by atoms with E-state index in [1.54, 1.807) is 0 Å². The van der Waals surface area contributed by atoms with Crippen molar-refractivity contribution < 1.29 is 4.79 Å². The fourth-order valence-corrected chi connectivity index (χ4v) is 5.47. The van der Waals surface area contributed by atoms with Crippen LogP contribution in [0.2, 0.25) is 0 Å². The normalized spacial score (nSPS) is 23.6. The maximum atomic E-state index is 12.7. The molecule has 28 heavy (non-hydrogen) atoms. The topological polar surface area (TPSA) is 41.4 Å². The first-order chi connectivity index (χ1) is 13.8. The largest absolute Gasteiger partial charge is 0.338 e. The van der Waals surface area contributed by atoms with E-state index in [-0.39, 0.29) is 0 Å². The first kappa shape index (κ1) is 17.0. The van der Waals surface area contributed by atoms with Gasteiger partial charge in [-0.25, -0.2) is 4.98 Å². The first-order valence-electron chi connectivity index (χ1n) is 11.3. The number of hydrogen-bond donors (Lipinski definition) is 0. The second kappa shape index (κ2) is 6.58. The molecule has 5 nitrogen and oxygen atoms in total. The molecule has 0 N–H and O–H groups in total. The molecule has 4 aliphatic rings. The Bertz CT molecular complexity index is 924. The van der Waals surface area contributed by atoms with Crippen LogP contribution in [0.5, 0.6) is 0 Å².